The van der Waals surface area contributed by atoms with E-state index >= 15 is 0 Å². The summed E-state index contributed by atoms with van der Waals surface area (Å²) in [6, 6.07) is 0. The third kappa shape index (κ3) is 61.6. The molecule has 0 fully saturated rings. The lowest BCUT2D eigenvalue weighted by molar-refractivity contribution is -0.161. The van der Waals surface area contributed by atoms with Crippen LogP contribution >= 0.6 is 0 Å². The molecule has 0 bridgehead atoms. The molecule has 0 saturated carbocycles. The van der Waals surface area contributed by atoms with E-state index in [0.29, 0.717) is 12.8 Å². The lowest BCUT2D eigenvalue weighted by Gasteiger charge is -2.15. The zero-order chi connectivity index (χ0) is 53.4. The summed E-state index contributed by atoms with van der Waals surface area (Å²) in [5.74, 6) is -0.582. The molecule has 0 rings (SSSR count). The lowest BCUT2D eigenvalue weighted by atomic mass is 10.0. The molecule has 1 N–H and O–H groups in total. The van der Waals surface area contributed by atoms with Crippen molar-refractivity contribution in [1.82, 2.24) is 0 Å². The summed E-state index contributed by atoms with van der Waals surface area (Å²) in [7, 11) is 0. The van der Waals surface area contributed by atoms with Crippen LogP contribution in [-0.2, 0) is 19.1 Å². The molecule has 0 spiro atoms. The Bertz CT molecular complexity index is 1350. The van der Waals surface area contributed by atoms with E-state index in [-0.39, 0.29) is 25.2 Å². The summed E-state index contributed by atoms with van der Waals surface area (Å²) in [5.41, 5.74) is 0. The quantitative estimate of drug-likeness (QED) is 0.0373. The minimum atomic E-state index is -0.777. The molecule has 1 atom stereocenters. The van der Waals surface area contributed by atoms with E-state index in [1.165, 1.54) is 212 Å². The molecule has 0 aromatic rings. The van der Waals surface area contributed by atoms with Gasteiger partial charge in [-0.3, -0.25) is 9.59 Å². The fourth-order valence-corrected chi connectivity index (χ4v) is 9.42. The van der Waals surface area contributed by atoms with Gasteiger partial charge in [-0.15, -0.1) is 0 Å². The zero-order valence-corrected chi connectivity index (χ0v) is 49.1. The van der Waals surface area contributed by atoms with Crippen LogP contribution in [0.15, 0.2) is 85.1 Å². The first-order chi connectivity index (χ1) is 36.6. The zero-order valence-electron chi connectivity index (χ0n) is 49.1. The molecule has 0 radical (unpaired) electrons. The number of ether oxygens (including phenoxy) is 2. The second kappa shape index (κ2) is 64.4. The average Bonchev–Trinajstić information content (AvgIpc) is 3.40. The second-order valence-electron chi connectivity index (χ2n) is 21.5. The molecule has 0 aliphatic carbocycles. The molecule has 0 aromatic carbocycles. The number of hydrogen-bond acceptors (Lipinski definition) is 5. The van der Waals surface area contributed by atoms with Crippen LogP contribution in [0.5, 0.6) is 0 Å². The highest BCUT2D eigenvalue weighted by Gasteiger charge is 2.16. The van der Waals surface area contributed by atoms with Gasteiger partial charge in [0.05, 0.1) is 6.61 Å². The standard InChI is InChI=1S/C69H122O5/c1-3-5-7-9-11-13-15-17-19-21-23-25-27-29-31-32-33-34-35-36-38-40-42-44-46-48-50-52-54-56-58-60-62-64-69(72)74-67(65-70)66-73-68(71)63-61-59-57-55-53-51-49-47-45-43-41-39-37-30-28-26-24-22-20-18-16-14-12-10-8-6-4-2/h5,7,11,13,17,19,23,25,29,31,33-34,36,38,67,70H,3-4,6,8-10,12,14-16,18,20-22,24,26-28,30,32,35,37,39-66H2,1-2H3/b7-5-,13-11-,19-17-,25-23-,31-29-,34-33-,38-36-. The van der Waals surface area contributed by atoms with Gasteiger partial charge in [0.2, 0.25) is 0 Å². The van der Waals surface area contributed by atoms with Gasteiger partial charge in [0.25, 0.3) is 0 Å². The Kier molecular flexibility index (Phi) is 61.8. The molecule has 74 heavy (non-hydrogen) atoms. The van der Waals surface area contributed by atoms with Crippen LogP contribution < -0.4 is 0 Å². The van der Waals surface area contributed by atoms with E-state index in [1.54, 1.807) is 0 Å². The van der Waals surface area contributed by atoms with Crippen LogP contribution in [0, 0.1) is 0 Å². The van der Waals surface area contributed by atoms with Crippen molar-refractivity contribution < 1.29 is 24.2 Å². The molecule has 5 heteroatoms. The molecule has 5 nitrogen and oxygen atoms in total. The Morgan fingerprint density at radius 2 is 0.581 bits per heavy atom. The van der Waals surface area contributed by atoms with Crippen molar-refractivity contribution in [2.24, 2.45) is 0 Å². The predicted octanol–water partition coefficient (Wildman–Crippen LogP) is 22.1. The highest BCUT2D eigenvalue weighted by atomic mass is 16.6. The van der Waals surface area contributed by atoms with E-state index < -0.39 is 6.10 Å². The molecule has 0 aromatic heterocycles. The van der Waals surface area contributed by atoms with E-state index in [1.807, 2.05) is 0 Å². The average molecular weight is 1030 g/mol. The molecule has 0 amide bonds. The van der Waals surface area contributed by atoms with Gasteiger partial charge in [0.15, 0.2) is 6.10 Å². The van der Waals surface area contributed by atoms with E-state index in [9.17, 15) is 14.7 Å². The maximum Gasteiger partial charge on any atom is 0.306 e. The van der Waals surface area contributed by atoms with Gasteiger partial charge >= 0.3 is 11.9 Å². The van der Waals surface area contributed by atoms with Crippen LogP contribution in [0.1, 0.15) is 322 Å². The van der Waals surface area contributed by atoms with Crippen LogP contribution in [0.4, 0.5) is 0 Å². The highest BCUT2D eigenvalue weighted by molar-refractivity contribution is 5.70. The summed E-state index contributed by atoms with van der Waals surface area (Å²) < 4.78 is 10.7. The van der Waals surface area contributed by atoms with E-state index in [4.69, 9.17) is 9.47 Å². The number of aliphatic hydroxyl groups is 1. The van der Waals surface area contributed by atoms with Crippen molar-refractivity contribution in [3.8, 4) is 0 Å². The maximum atomic E-state index is 12.3. The molecule has 0 aliphatic heterocycles. The Morgan fingerprint density at radius 3 is 0.878 bits per heavy atom. The van der Waals surface area contributed by atoms with Gasteiger partial charge < -0.3 is 14.6 Å². The summed E-state index contributed by atoms with van der Waals surface area (Å²) in [5, 5.41) is 9.68. The molecule has 428 valence electrons. The van der Waals surface area contributed by atoms with Crippen molar-refractivity contribution in [1.29, 1.82) is 0 Å². The molecule has 0 saturated heterocycles. The first-order valence-electron chi connectivity index (χ1n) is 32.1. The number of unbranched alkanes of at least 4 members (excludes halogenated alkanes) is 37. The Morgan fingerprint density at radius 1 is 0.324 bits per heavy atom. The van der Waals surface area contributed by atoms with Crippen molar-refractivity contribution >= 4 is 11.9 Å². The summed E-state index contributed by atoms with van der Waals surface area (Å²) in [6.45, 7) is 4.07. The minimum absolute atomic E-state index is 0.0661. The van der Waals surface area contributed by atoms with Crippen molar-refractivity contribution in [2.75, 3.05) is 13.2 Å². The van der Waals surface area contributed by atoms with Crippen LogP contribution in [-0.4, -0.2) is 36.4 Å². The third-order valence-electron chi connectivity index (χ3n) is 14.2. The van der Waals surface area contributed by atoms with E-state index in [0.717, 1.165) is 83.5 Å². The predicted molar refractivity (Wildman–Crippen MR) is 325 cm³/mol. The van der Waals surface area contributed by atoms with Crippen LogP contribution in [0.25, 0.3) is 0 Å². The summed E-state index contributed by atoms with van der Waals surface area (Å²) >= 11 is 0. The van der Waals surface area contributed by atoms with Crippen molar-refractivity contribution in [3.05, 3.63) is 85.1 Å². The van der Waals surface area contributed by atoms with Gasteiger partial charge in [0, 0.05) is 12.8 Å². The maximum absolute atomic E-state index is 12.3. The van der Waals surface area contributed by atoms with Crippen LogP contribution in [0.3, 0.4) is 0 Å². The fraction of sp³-hybridized carbons (Fsp3) is 0.768. The topological polar surface area (TPSA) is 72.8 Å². The lowest BCUT2D eigenvalue weighted by Crippen LogP contribution is -2.28. The van der Waals surface area contributed by atoms with Gasteiger partial charge in [-0.1, -0.05) is 324 Å². The van der Waals surface area contributed by atoms with E-state index in [2.05, 4.69) is 98.9 Å². The van der Waals surface area contributed by atoms with Gasteiger partial charge in [-0.2, -0.15) is 0 Å². The first-order valence-corrected chi connectivity index (χ1v) is 32.1. The van der Waals surface area contributed by atoms with Gasteiger partial charge in [-0.05, 0) is 70.6 Å². The normalized spacial score (nSPS) is 12.7. The Hall–Kier alpha value is -2.92. The Balaban J connectivity index is 3.48. The number of allylic oxidation sites excluding steroid dienone is 14. The molecule has 1 unspecified atom stereocenters. The number of carbonyl (C=O) groups is 2. The smallest absolute Gasteiger partial charge is 0.306 e. The fourth-order valence-electron chi connectivity index (χ4n) is 9.42. The Labute approximate surface area is 460 Å². The SMILES string of the molecule is CC/C=C\C/C=C\C/C=C\C/C=C\C/C=C\C/C=C\C/C=C\CCCCCCCCCCCCCC(=O)OC(CO)COC(=O)CCCCCCCCCCCCCCCCCCCCCCCCCCCCC. The third-order valence-corrected chi connectivity index (χ3v) is 14.2. The number of hydrogen-bond donors (Lipinski definition) is 1. The number of rotatable bonds is 59. The molecule has 0 aliphatic rings. The number of esters is 2. The van der Waals surface area contributed by atoms with Crippen molar-refractivity contribution in [2.45, 2.75) is 328 Å². The second-order valence-corrected chi connectivity index (χ2v) is 21.5. The molecular weight excluding hydrogens is 909 g/mol. The largest absolute Gasteiger partial charge is 0.462 e. The van der Waals surface area contributed by atoms with Crippen LogP contribution in [0.2, 0.25) is 0 Å². The first kappa shape index (κ1) is 71.1. The van der Waals surface area contributed by atoms with Crippen molar-refractivity contribution in [3.63, 3.8) is 0 Å². The number of aliphatic hydroxyl groups excluding tert-OH is 1. The monoisotopic (exact) mass is 1030 g/mol. The summed E-state index contributed by atoms with van der Waals surface area (Å²) in [6.07, 6.45) is 90.1. The molecule has 0 heterocycles. The number of carbonyl (C=O) groups excluding carboxylic acids is 2. The summed E-state index contributed by atoms with van der Waals surface area (Å²) in [4.78, 5) is 24.6. The molecular formula is C69H122O5. The van der Waals surface area contributed by atoms with Gasteiger partial charge in [0.1, 0.15) is 6.61 Å². The highest BCUT2D eigenvalue weighted by Crippen LogP contribution is 2.18. The van der Waals surface area contributed by atoms with Gasteiger partial charge in [-0.25, -0.2) is 0 Å². The minimum Gasteiger partial charge on any atom is -0.462 e.